The Balaban J connectivity index is 1.12. The number of benzene rings is 8. The first-order valence-corrected chi connectivity index (χ1v) is 19.8. The van der Waals surface area contributed by atoms with Gasteiger partial charge in [0.1, 0.15) is 11.2 Å². The molecule has 1 aliphatic rings. The van der Waals surface area contributed by atoms with Crippen molar-refractivity contribution >= 4 is 21.9 Å². The van der Waals surface area contributed by atoms with E-state index in [1.54, 1.807) is 0 Å². The second kappa shape index (κ2) is 13.4. The standard InChI is InChI=1S/C54H37N3O/c1-54(2)49-41(35-18-8-4-9-19-35)23-14-25-45(49)46-26-15-24-42(50(46)54)39-30-38(34-16-6-3-7-17-34)31-40(32-39)53-56-51(36-20-10-5-11-21-36)55-52(57-53)37-28-29-44-43-22-12-13-27-47(43)58-48(44)33-37/h3-33H,1-2H3. The zero-order chi connectivity index (χ0) is 38.8. The Morgan fingerprint density at radius 2 is 0.810 bits per heavy atom. The van der Waals surface area contributed by atoms with E-state index in [1.165, 1.54) is 38.9 Å². The molecule has 0 N–H and O–H groups in total. The molecule has 2 aromatic heterocycles. The third-order valence-electron chi connectivity index (χ3n) is 11.7. The van der Waals surface area contributed by atoms with Gasteiger partial charge < -0.3 is 4.42 Å². The number of hydrogen-bond acceptors (Lipinski definition) is 4. The molecule has 0 saturated heterocycles. The fourth-order valence-corrected chi connectivity index (χ4v) is 9.05. The van der Waals surface area contributed by atoms with Gasteiger partial charge in [-0.1, -0.05) is 166 Å². The molecule has 0 unspecified atom stereocenters. The highest BCUT2D eigenvalue weighted by Gasteiger charge is 2.39. The van der Waals surface area contributed by atoms with Crippen LogP contribution in [0.25, 0.3) is 101 Å². The van der Waals surface area contributed by atoms with Crippen molar-refractivity contribution in [1.29, 1.82) is 0 Å². The van der Waals surface area contributed by atoms with Crippen LogP contribution in [0.4, 0.5) is 0 Å². The van der Waals surface area contributed by atoms with Crippen molar-refractivity contribution in [2.24, 2.45) is 0 Å². The SMILES string of the molecule is CC1(C)c2c(-c3ccccc3)cccc2-c2cccc(-c3cc(-c4ccccc4)cc(-c4nc(-c5ccccc5)nc(-c5ccc6c(c5)oc5ccccc56)n4)c3)c21. The smallest absolute Gasteiger partial charge is 0.164 e. The van der Waals surface area contributed by atoms with Crippen molar-refractivity contribution in [3.05, 3.63) is 199 Å². The van der Waals surface area contributed by atoms with E-state index in [4.69, 9.17) is 19.4 Å². The molecular weight excluding hydrogens is 707 g/mol. The zero-order valence-corrected chi connectivity index (χ0v) is 32.1. The molecular formula is C54H37N3O. The van der Waals surface area contributed by atoms with Crippen LogP contribution in [0.5, 0.6) is 0 Å². The van der Waals surface area contributed by atoms with E-state index in [0.29, 0.717) is 17.5 Å². The van der Waals surface area contributed by atoms with Crippen LogP contribution in [0, 0.1) is 0 Å². The van der Waals surface area contributed by atoms with Crippen molar-refractivity contribution in [2.45, 2.75) is 19.3 Å². The number of furan rings is 1. The maximum absolute atomic E-state index is 6.31. The van der Waals surface area contributed by atoms with Gasteiger partial charge in [-0.05, 0) is 92.0 Å². The fraction of sp³-hybridized carbons (Fsp3) is 0.0556. The lowest BCUT2D eigenvalue weighted by Gasteiger charge is -2.27. The molecule has 1 aliphatic carbocycles. The molecule has 0 fully saturated rings. The van der Waals surface area contributed by atoms with E-state index >= 15 is 0 Å². The Hall–Kier alpha value is -7.43. The van der Waals surface area contributed by atoms with Crippen molar-refractivity contribution in [3.63, 3.8) is 0 Å². The van der Waals surface area contributed by atoms with Crippen LogP contribution in [0.2, 0.25) is 0 Å². The highest BCUT2D eigenvalue weighted by atomic mass is 16.3. The Morgan fingerprint density at radius 3 is 1.48 bits per heavy atom. The number of nitrogens with zero attached hydrogens (tertiary/aromatic N) is 3. The lowest BCUT2D eigenvalue weighted by atomic mass is 9.76. The third kappa shape index (κ3) is 5.56. The number of rotatable bonds is 6. The molecule has 8 aromatic carbocycles. The average molecular weight is 744 g/mol. The quantitative estimate of drug-likeness (QED) is 0.170. The monoisotopic (exact) mass is 743 g/mol. The highest BCUT2D eigenvalue weighted by molar-refractivity contribution is 6.05. The van der Waals surface area contributed by atoms with Crippen molar-refractivity contribution < 1.29 is 4.42 Å². The average Bonchev–Trinajstić information content (AvgIpc) is 3.78. The van der Waals surface area contributed by atoms with Crippen LogP contribution < -0.4 is 0 Å². The molecule has 0 saturated carbocycles. The molecule has 0 aliphatic heterocycles. The topological polar surface area (TPSA) is 51.8 Å². The van der Waals surface area contributed by atoms with Crippen LogP contribution in [-0.4, -0.2) is 15.0 Å². The van der Waals surface area contributed by atoms with Crippen molar-refractivity contribution in [2.75, 3.05) is 0 Å². The zero-order valence-electron chi connectivity index (χ0n) is 32.1. The number of fused-ring (bicyclic) bond motifs is 6. The Kier molecular flexibility index (Phi) is 7.80. The number of para-hydroxylation sites is 1. The first-order valence-electron chi connectivity index (χ1n) is 19.8. The first-order chi connectivity index (χ1) is 28.5. The predicted molar refractivity (Wildman–Crippen MR) is 237 cm³/mol. The van der Waals surface area contributed by atoms with Gasteiger partial charge in [0, 0.05) is 32.9 Å². The van der Waals surface area contributed by atoms with Gasteiger partial charge in [0.15, 0.2) is 17.5 Å². The van der Waals surface area contributed by atoms with Gasteiger partial charge in [-0.2, -0.15) is 0 Å². The second-order valence-electron chi connectivity index (χ2n) is 15.6. The normalized spacial score (nSPS) is 12.8. The number of aromatic nitrogens is 3. The molecule has 0 amide bonds. The highest BCUT2D eigenvalue weighted by Crippen LogP contribution is 2.55. The molecule has 4 heteroatoms. The molecule has 2 heterocycles. The summed E-state index contributed by atoms with van der Waals surface area (Å²) >= 11 is 0. The van der Waals surface area contributed by atoms with E-state index in [0.717, 1.165) is 55.3 Å². The lowest BCUT2D eigenvalue weighted by Crippen LogP contribution is -2.17. The van der Waals surface area contributed by atoms with Crippen LogP contribution in [0.3, 0.4) is 0 Å². The summed E-state index contributed by atoms with van der Waals surface area (Å²) in [5.41, 5.74) is 16.4. The molecule has 0 radical (unpaired) electrons. The Morgan fingerprint density at radius 1 is 0.328 bits per heavy atom. The van der Waals surface area contributed by atoms with E-state index < -0.39 is 0 Å². The summed E-state index contributed by atoms with van der Waals surface area (Å²) < 4.78 is 6.31. The van der Waals surface area contributed by atoms with Gasteiger partial charge in [0.25, 0.3) is 0 Å². The van der Waals surface area contributed by atoms with Gasteiger partial charge >= 0.3 is 0 Å². The Bertz CT molecular complexity index is 3180. The van der Waals surface area contributed by atoms with Crippen LogP contribution in [0.15, 0.2) is 192 Å². The third-order valence-corrected chi connectivity index (χ3v) is 11.7. The largest absolute Gasteiger partial charge is 0.456 e. The van der Waals surface area contributed by atoms with E-state index in [9.17, 15) is 0 Å². The molecule has 0 bridgehead atoms. The summed E-state index contributed by atoms with van der Waals surface area (Å²) in [6.07, 6.45) is 0. The van der Waals surface area contributed by atoms with Gasteiger partial charge in [0.2, 0.25) is 0 Å². The van der Waals surface area contributed by atoms with Crippen molar-refractivity contribution in [3.8, 4) is 78.7 Å². The van der Waals surface area contributed by atoms with Gasteiger partial charge in [-0.3, -0.25) is 0 Å². The minimum absolute atomic E-state index is 0.271. The summed E-state index contributed by atoms with van der Waals surface area (Å²) in [6, 6.07) is 66.2. The molecule has 0 atom stereocenters. The summed E-state index contributed by atoms with van der Waals surface area (Å²) in [6.45, 7) is 4.75. The summed E-state index contributed by atoms with van der Waals surface area (Å²) in [4.78, 5) is 15.5. The minimum Gasteiger partial charge on any atom is -0.456 e. The van der Waals surface area contributed by atoms with Crippen molar-refractivity contribution in [1.82, 2.24) is 15.0 Å². The molecule has 4 nitrogen and oxygen atoms in total. The van der Waals surface area contributed by atoms with Crippen LogP contribution in [0.1, 0.15) is 25.0 Å². The molecule has 58 heavy (non-hydrogen) atoms. The molecule has 10 aromatic rings. The van der Waals surface area contributed by atoms with Gasteiger partial charge in [-0.15, -0.1) is 0 Å². The van der Waals surface area contributed by atoms with E-state index in [1.807, 2.05) is 54.6 Å². The maximum Gasteiger partial charge on any atom is 0.164 e. The summed E-state index contributed by atoms with van der Waals surface area (Å²) in [5, 5.41) is 2.15. The Labute approximate surface area is 337 Å². The second-order valence-corrected chi connectivity index (χ2v) is 15.6. The van der Waals surface area contributed by atoms with Gasteiger partial charge in [0.05, 0.1) is 0 Å². The molecule has 274 valence electrons. The summed E-state index contributed by atoms with van der Waals surface area (Å²) in [7, 11) is 0. The predicted octanol–water partition coefficient (Wildman–Crippen LogP) is 14.1. The van der Waals surface area contributed by atoms with Crippen LogP contribution in [-0.2, 0) is 5.41 Å². The maximum atomic E-state index is 6.31. The molecule has 11 rings (SSSR count). The first kappa shape index (κ1) is 33.9. The summed E-state index contributed by atoms with van der Waals surface area (Å²) in [5.74, 6) is 1.81. The van der Waals surface area contributed by atoms with Gasteiger partial charge in [-0.25, -0.2) is 15.0 Å². The fourth-order valence-electron chi connectivity index (χ4n) is 9.05. The number of hydrogen-bond donors (Lipinski definition) is 0. The lowest BCUT2D eigenvalue weighted by molar-refractivity contribution is 0.664. The van der Waals surface area contributed by atoms with E-state index in [-0.39, 0.29) is 5.41 Å². The van der Waals surface area contributed by atoms with E-state index in [2.05, 4.69) is 147 Å². The molecule has 0 spiro atoms. The van der Waals surface area contributed by atoms with Crippen LogP contribution >= 0.6 is 0 Å². The minimum atomic E-state index is -0.271.